The summed E-state index contributed by atoms with van der Waals surface area (Å²) in [6.07, 6.45) is 0.246. The quantitative estimate of drug-likeness (QED) is 0.618. The van der Waals surface area contributed by atoms with E-state index < -0.39 is 14.9 Å². The molecule has 0 aliphatic carbocycles. The molecule has 0 N–H and O–H groups in total. The fourth-order valence-electron chi connectivity index (χ4n) is 0.988. The second kappa shape index (κ2) is 5.70. The summed E-state index contributed by atoms with van der Waals surface area (Å²) >= 11 is 5.47. The van der Waals surface area contributed by atoms with Crippen LogP contribution >= 0.6 is 22.3 Å². The van der Waals surface area contributed by atoms with Gasteiger partial charge in [0.25, 0.3) is 0 Å². The Labute approximate surface area is 103 Å². The Morgan fingerprint density at radius 3 is 2.62 bits per heavy atom. The molecule has 0 aliphatic rings. The molecular weight excluding hydrogens is 278 g/mol. The summed E-state index contributed by atoms with van der Waals surface area (Å²) in [4.78, 5) is 0. The molecule has 0 amide bonds. The molecule has 0 saturated carbocycles. The maximum absolute atomic E-state index is 12.9. The van der Waals surface area contributed by atoms with Gasteiger partial charge in [0.1, 0.15) is 11.6 Å². The third kappa shape index (κ3) is 5.01. The van der Waals surface area contributed by atoms with Gasteiger partial charge in [-0.1, -0.05) is 11.6 Å². The van der Waals surface area contributed by atoms with Gasteiger partial charge in [-0.25, -0.2) is 12.8 Å². The average molecular weight is 287 g/mol. The molecule has 1 aromatic carbocycles. The Morgan fingerprint density at radius 2 is 2.06 bits per heavy atom. The molecular formula is C9H9Cl2FO3S. The molecule has 0 spiro atoms. The number of benzene rings is 1. The third-order valence-electron chi connectivity index (χ3n) is 1.69. The summed E-state index contributed by atoms with van der Waals surface area (Å²) in [5.74, 6) is -0.456. The van der Waals surface area contributed by atoms with Crippen LogP contribution in [0.25, 0.3) is 0 Å². The fraction of sp³-hybridized carbons (Fsp3) is 0.333. The Kier molecular flexibility index (Phi) is 4.83. The highest BCUT2D eigenvalue weighted by atomic mass is 35.7. The first kappa shape index (κ1) is 13.5. The van der Waals surface area contributed by atoms with E-state index in [0.29, 0.717) is 5.75 Å². The minimum Gasteiger partial charge on any atom is -0.493 e. The van der Waals surface area contributed by atoms with E-state index in [4.69, 9.17) is 27.0 Å². The number of hydrogen-bond acceptors (Lipinski definition) is 3. The van der Waals surface area contributed by atoms with Gasteiger partial charge in [-0.2, -0.15) is 0 Å². The molecule has 0 heterocycles. The smallest absolute Gasteiger partial charge is 0.232 e. The van der Waals surface area contributed by atoms with Crippen LogP contribution in [0.2, 0.25) is 5.02 Å². The lowest BCUT2D eigenvalue weighted by atomic mass is 10.3. The van der Waals surface area contributed by atoms with Crippen molar-refractivity contribution in [3.63, 3.8) is 0 Å². The van der Waals surface area contributed by atoms with Gasteiger partial charge < -0.3 is 4.74 Å². The molecule has 0 fully saturated rings. The van der Waals surface area contributed by atoms with Crippen LogP contribution in [0.3, 0.4) is 0 Å². The van der Waals surface area contributed by atoms with Gasteiger partial charge in [-0.3, -0.25) is 0 Å². The topological polar surface area (TPSA) is 43.4 Å². The summed E-state index contributed by atoms with van der Waals surface area (Å²) in [6.45, 7) is 0.146. The van der Waals surface area contributed by atoms with Crippen molar-refractivity contribution in [3.05, 3.63) is 29.0 Å². The highest BCUT2D eigenvalue weighted by Crippen LogP contribution is 2.20. The second-order valence-corrected chi connectivity index (χ2v) is 6.32. The first-order valence-electron chi connectivity index (χ1n) is 4.39. The van der Waals surface area contributed by atoms with Crippen molar-refractivity contribution in [2.24, 2.45) is 0 Å². The van der Waals surface area contributed by atoms with E-state index in [-0.39, 0.29) is 23.8 Å². The summed E-state index contributed by atoms with van der Waals surface area (Å²) in [7, 11) is 1.50. The SMILES string of the molecule is O=S(=O)(Cl)CCCOc1ccc(Cl)c(F)c1. The molecule has 0 atom stereocenters. The molecule has 0 unspecified atom stereocenters. The van der Waals surface area contributed by atoms with Gasteiger partial charge in [0.2, 0.25) is 9.05 Å². The van der Waals surface area contributed by atoms with Crippen molar-refractivity contribution in [1.82, 2.24) is 0 Å². The van der Waals surface area contributed by atoms with E-state index in [1.807, 2.05) is 0 Å². The Balaban J connectivity index is 2.41. The van der Waals surface area contributed by atoms with Crippen LogP contribution in [0.5, 0.6) is 5.75 Å². The van der Waals surface area contributed by atoms with E-state index in [2.05, 4.69) is 0 Å². The molecule has 1 aromatic rings. The lowest BCUT2D eigenvalue weighted by molar-refractivity contribution is 0.316. The molecule has 7 heteroatoms. The third-order valence-corrected chi connectivity index (χ3v) is 3.24. The van der Waals surface area contributed by atoms with E-state index >= 15 is 0 Å². The van der Waals surface area contributed by atoms with Crippen LogP contribution in [-0.2, 0) is 9.05 Å². The standard InChI is InChI=1S/C9H9Cl2FO3S/c10-8-3-2-7(6-9(8)12)15-4-1-5-16(11,13)14/h2-3,6H,1,4-5H2. The number of rotatable bonds is 5. The van der Waals surface area contributed by atoms with Crippen LogP contribution in [0, 0.1) is 5.82 Å². The first-order chi connectivity index (χ1) is 7.38. The highest BCUT2D eigenvalue weighted by molar-refractivity contribution is 8.13. The summed E-state index contributed by atoms with van der Waals surface area (Å²) in [5.41, 5.74) is 0. The maximum atomic E-state index is 12.9. The van der Waals surface area contributed by atoms with E-state index in [0.717, 1.165) is 6.07 Å². The summed E-state index contributed by atoms with van der Waals surface area (Å²) < 4.78 is 39.2. The largest absolute Gasteiger partial charge is 0.493 e. The fourth-order valence-corrected chi connectivity index (χ4v) is 1.90. The van der Waals surface area contributed by atoms with Crippen molar-refractivity contribution < 1.29 is 17.5 Å². The lowest BCUT2D eigenvalue weighted by Gasteiger charge is -2.05. The zero-order valence-corrected chi connectivity index (χ0v) is 10.4. The second-order valence-electron chi connectivity index (χ2n) is 3.02. The van der Waals surface area contributed by atoms with Gasteiger partial charge in [0.05, 0.1) is 17.4 Å². The van der Waals surface area contributed by atoms with Crippen LogP contribution < -0.4 is 4.74 Å². The molecule has 0 radical (unpaired) electrons. The minimum atomic E-state index is -3.50. The Bertz CT molecular complexity index is 462. The molecule has 0 bridgehead atoms. The minimum absolute atomic E-state index is 0.00989. The number of hydrogen-bond donors (Lipinski definition) is 0. The molecule has 1 rings (SSSR count). The van der Waals surface area contributed by atoms with E-state index in [1.54, 1.807) is 0 Å². The average Bonchev–Trinajstić information content (AvgIpc) is 2.17. The molecule has 0 aliphatic heterocycles. The van der Waals surface area contributed by atoms with Crippen molar-refractivity contribution in [1.29, 1.82) is 0 Å². The van der Waals surface area contributed by atoms with E-state index in [9.17, 15) is 12.8 Å². The van der Waals surface area contributed by atoms with E-state index in [1.165, 1.54) is 12.1 Å². The molecule has 0 aromatic heterocycles. The predicted octanol–water partition coefficient (Wildman–Crippen LogP) is 2.82. The normalized spacial score (nSPS) is 11.4. The van der Waals surface area contributed by atoms with Crippen LogP contribution in [-0.4, -0.2) is 20.8 Å². The van der Waals surface area contributed by atoms with Gasteiger partial charge in [-0.05, 0) is 18.6 Å². The zero-order chi connectivity index (χ0) is 12.2. The van der Waals surface area contributed by atoms with Crippen molar-refractivity contribution >= 4 is 31.3 Å². The van der Waals surface area contributed by atoms with Crippen molar-refractivity contribution in [2.45, 2.75) is 6.42 Å². The van der Waals surface area contributed by atoms with Crippen molar-refractivity contribution in [2.75, 3.05) is 12.4 Å². The molecule has 3 nitrogen and oxygen atoms in total. The molecule has 16 heavy (non-hydrogen) atoms. The van der Waals surface area contributed by atoms with Crippen LogP contribution in [0.4, 0.5) is 4.39 Å². The first-order valence-corrected chi connectivity index (χ1v) is 7.24. The summed E-state index contributed by atoms with van der Waals surface area (Å²) in [6, 6.07) is 4.00. The van der Waals surface area contributed by atoms with Gasteiger partial charge in [-0.15, -0.1) is 0 Å². The number of ether oxygens (including phenoxy) is 1. The van der Waals surface area contributed by atoms with Crippen molar-refractivity contribution in [3.8, 4) is 5.75 Å². The van der Waals surface area contributed by atoms with Crippen LogP contribution in [0.1, 0.15) is 6.42 Å². The molecule has 0 saturated heterocycles. The van der Waals surface area contributed by atoms with Gasteiger partial charge >= 0.3 is 0 Å². The molecule has 90 valence electrons. The summed E-state index contributed by atoms with van der Waals surface area (Å²) in [5, 5.41) is 0.00989. The Hall–Kier alpha value is -0.520. The predicted molar refractivity (Wildman–Crippen MR) is 61.2 cm³/mol. The Morgan fingerprint density at radius 1 is 1.38 bits per heavy atom. The van der Waals surface area contributed by atoms with Crippen LogP contribution in [0.15, 0.2) is 18.2 Å². The lowest BCUT2D eigenvalue weighted by Crippen LogP contribution is -2.04. The zero-order valence-electron chi connectivity index (χ0n) is 8.12. The maximum Gasteiger partial charge on any atom is 0.232 e. The van der Waals surface area contributed by atoms with Gasteiger partial charge in [0.15, 0.2) is 0 Å². The number of halogens is 3. The highest BCUT2D eigenvalue weighted by Gasteiger charge is 2.05. The van der Waals surface area contributed by atoms with Gasteiger partial charge in [0, 0.05) is 16.7 Å². The monoisotopic (exact) mass is 286 g/mol.